The molecule has 1 N–H and O–H groups in total. The van der Waals surface area contributed by atoms with Crippen LogP contribution >= 0.6 is 0 Å². The van der Waals surface area contributed by atoms with Gasteiger partial charge < -0.3 is 10.1 Å². The summed E-state index contributed by atoms with van der Waals surface area (Å²) in [7, 11) is 1.67. The predicted molar refractivity (Wildman–Crippen MR) is 76.4 cm³/mol. The third-order valence-corrected chi connectivity index (χ3v) is 2.79. The van der Waals surface area contributed by atoms with Crippen LogP contribution in [0.2, 0.25) is 0 Å². The molecule has 1 aromatic carbocycles. The number of hydrogen-bond donors (Lipinski definition) is 1. The van der Waals surface area contributed by atoms with Crippen molar-refractivity contribution < 1.29 is 9.66 Å². The molecule has 0 amide bonds. The van der Waals surface area contributed by atoms with E-state index in [4.69, 9.17) is 4.74 Å². The van der Waals surface area contributed by atoms with Gasteiger partial charge in [-0.15, -0.1) is 0 Å². The number of nitrogens with zero attached hydrogens (tertiary/aromatic N) is 1. The Hall–Kier alpha value is -1.62. The van der Waals surface area contributed by atoms with E-state index in [1.807, 2.05) is 6.07 Å². The van der Waals surface area contributed by atoms with Crippen molar-refractivity contribution >= 4 is 11.4 Å². The fourth-order valence-corrected chi connectivity index (χ4v) is 1.60. The average Bonchev–Trinajstić information content (AvgIpc) is 2.33. The quantitative estimate of drug-likeness (QED) is 0.485. The molecule has 0 saturated heterocycles. The lowest BCUT2D eigenvalue weighted by Crippen LogP contribution is -2.09. The Bertz CT molecular complexity index is 439. The SMILES string of the molecule is CNc1ccc(COCCC(C)(C)C)cc1[N+](=O)[O-]. The van der Waals surface area contributed by atoms with Crippen LogP contribution in [0.1, 0.15) is 32.8 Å². The first kappa shape index (κ1) is 15.4. The highest BCUT2D eigenvalue weighted by Crippen LogP contribution is 2.25. The van der Waals surface area contributed by atoms with E-state index in [1.54, 1.807) is 19.2 Å². The van der Waals surface area contributed by atoms with Gasteiger partial charge in [0.2, 0.25) is 0 Å². The van der Waals surface area contributed by atoms with E-state index in [0.717, 1.165) is 12.0 Å². The Balaban J connectivity index is 2.60. The molecule has 0 fully saturated rings. The Labute approximate surface area is 114 Å². The minimum atomic E-state index is -0.384. The van der Waals surface area contributed by atoms with Crippen LogP contribution in [0.25, 0.3) is 0 Å². The molecule has 0 unspecified atom stereocenters. The average molecular weight is 266 g/mol. The molecule has 1 aromatic rings. The van der Waals surface area contributed by atoms with Gasteiger partial charge in [-0.25, -0.2) is 0 Å². The van der Waals surface area contributed by atoms with Crippen molar-refractivity contribution in [2.75, 3.05) is 19.0 Å². The van der Waals surface area contributed by atoms with E-state index in [2.05, 4.69) is 26.1 Å². The number of anilines is 1. The van der Waals surface area contributed by atoms with Crippen molar-refractivity contribution in [2.24, 2.45) is 5.41 Å². The highest BCUT2D eigenvalue weighted by Gasteiger charge is 2.14. The van der Waals surface area contributed by atoms with E-state index in [1.165, 1.54) is 0 Å². The van der Waals surface area contributed by atoms with E-state index < -0.39 is 0 Å². The zero-order valence-corrected chi connectivity index (χ0v) is 12.0. The zero-order chi connectivity index (χ0) is 14.5. The van der Waals surface area contributed by atoms with Gasteiger partial charge in [0, 0.05) is 19.7 Å². The summed E-state index contributed by atoms with van der Waals surface area (Å²) in [5, 5.41) is 13.7. The van der Waals surface area contributed by atoms with Gasteiger partial charge in [0.05, 0.1) is 11.5 Å². The summed E-state index contributed by atoms with van der Waals surface area (Å²) in [5.41, 5.74) is 1.66. The first-order valence-corrected chi connectivity index (χ1v) is 6.36. The third-order valence-electron chi connectivity index (χ3n) is 2.79. The van der Waals surface area contributed by atoms with Crippen molar-refractivity contribution in [3.63, 3.8) is 0 Å². The number of nitro groups is 1. The molecule has 0 bridgehead atoms. The number of rotatable bonds is 6. The standard InChI is InChI=1S/C14H22N2O3/c1-14(2,3)7-8-19-10-11-5-6-12(15-4)13(9-11)16(17)18/h5-6,9,15H,7-8,10H2,1-4H3. The molecule has 0 aliphatic heterocycles. The maximum Gasteiger partial charge on any atom is 0.292 e. The summed E-state index contributed by atoms with van der Waals surface area (Å²) in [6.07, 6.45) is 0.962. The van der Waals surface area contributed by atoms with Crippen molar-refractivity contribution in [1.29, 1.82) is 0 Å². The second-order valence-electron chi connectivity index (χ2n) is 5.72. The Morgan fingerprint density at radius 2 is 2.05 bits per heavy atom. The van der Waals surface area contributed by atoms with Crippen LogP contribution in [-0.4, -0.2) is 18.6 Å². The van der Waals surface area contributed by atoms with Gasteiger partial charge >= 0.3 is 0 Å². The molecular weight excluding hydrogens is 244 g/mol. The van der Waals surface area contributed by atoms with Crippen LogP contribution in [0.3, 0.4) is 0 Å². The molecular formula is C14H22N2O3. The third kappa shape index (κ3) is 5.26. The van der Waals surface area contributed by atoms with Gasteiger partial charge in [0.1, 0.15) is 5.69 Å². The molecule has 0 saturated carbocycles. The predicted octanol–water partition coefficient (Wildman–Crippen LogP) is 3.59. The molecule has 0 aliphatic rings. The van der Waals surface area contributed by atoms with E-state index >= 15 is 0 Å². The number of nitro benzene ring substituents is 1. The number of hydrogen-bond acceptors (Lipinski definition) is 4. The van der Waals surface area contributed by atoms with E-state index in [-0.39, 0.29) is 16.0 Å². The summed E-state index contributed by atoms with van der Waals surface area (Å²) in [5.74, 6) is 0. The van der Waals surface area contributed by atoms with Gasteiger partial charge in [-0.05, 0) is 23.5 Å². The molecule has 0 radical (unpaired) electrons. The number of nitrogens with one attached hydrogen (secondary N) is 1. The summed E-state index contributed by atoms with van der Waals surface area (Å²) in [6, 6.07) is 5.11. The lowest BCUT2D eigenvalue weighted by molar-refractivity contribution is -0.384. The van der Waals surface area contributed by atoms with Crippen LogP contribution in [0.4, 0.5) is 11.4 Å². The molecule has 0 spiro atoms. The van der Waals surface area contributed by atoms with Gasteiger partial charge in [0.15, 0.2) is 0 Å². The molecule has 0 heterocycles. The molecule has 1 rings (SSSR count). The fourth-order valence-electron chi connectivity index (χ4n) is 1.60. The largest absolute Gasteiger partial charge is 0.383 e. The van der Waals surface area contributed by atoms with Crippen molar-refractivity contribution in [3.8, 4) is 0 Å². The summed E-state index contributed by atoms with van der Waals surface area (Å²) in [6.45, 7) is 7.53. The van der Waals surface area contributed by atoms with Gasteiger partial charge in [0.25, 0.3) is 5.69 Å². The lowest BCUT2D eigenvalue weighted by Gasteiger charge is -2.17. The molecule has 0 aliphatic carbocycles. The Morgan fingerprint density at radius 1 is 1.37 bits per heavy atom. The van der Waals surface area contributed by atoms with Gasteiger partial charge in [-0.3, -0.25) is 10.1 Å². The maximum absolute atomic E-state index is 10.9. The maximum atomic E-state index is 10.9. The highest BCUT2D eigenvalue weighted by atomic mass is 16.6. The van der Waals surface area contributed by atoms with Crippen molar-refractivity contribution in [2.45, 2.75) is 33.8 Å². The highest BCUT2D eigenvalue weighted by molar-refractivity contribution is 5.62. The topological polar surface area (TPSA) is 64.4 Å². The molecule has 0 atom stereocenters. The molecule has 5 nitrogen and oxygen atoms in total. The molecule has 5 heteroatoms. The zero-order valence-electron chi connectivity index (χ0n) is 12.0. The van der Waals surface area contributed by atoms with Crippen LogP contribution in [-0.2, 0) is 11.3 Å². The van der Waals surface area contributed by atoms with Crippen LogP contribution < -0.4 is 5.32 Å². The summed E-state index contributed by atoms with van der Waals surface area (Å²) < 4.78 is 5.56. The molecule has 19 heavy (non-hydrogen) atoms. The van der Waals surface area contributed by atoms with Gasteiger partial charge in [-0.2, -0.15) is 0 Å². The second kappa shape index (κ2) is 6.52. The van der Waals surface area contributed by atoms with Crippen molar-refractivity contribution in [3.05, 3.63) is 33.9 Å². The lowest BCUT2D eigenvalue weighted by atomic mass is 9.93. The minimum absolute atomic E-state index is 0.0828. The fraction of sp³-hybridized carbons (Fsp3) is 0.571. The Morgan fingerprint density at radius 3 is 2.58 bits per heavy atom. The summed E-state index contributed by atoms with van der Waals surface area (Å²) >= 11 is 0. The minimum Gasteiger partial charge on any atom is -0.383 e. The monoisotopic (exact) mass is 266 g/mol. The first-order valence-electron chi connectivity index (χ1n) is 6.36. The van der Waals surface area contributed by atoms with Crippen LogP contribution in [0.5, 0.6) is 0 Å². The van der Waals surface area contributed by atoms with Crippen LogP contribution in [0.15, 0.2) is 18.2 Å². The molecule has 0 aromatic heterocycles. The normalized spacial score (nSPS) is 11.4. The first-order chi connectivity index (χ1) is 8.83. The van der Waals surface area contributed by atoms with E-state index in [0.29, 0.717) is 18.9 Å². The molecule has 106 valence electrons. The number of benzene rings is 1. The second-order valence-corrected chi connectivity index (χ2v) is 5.72. The van der Waals surface area contributed by atoms with E-state index in [9.17, 15) is 10.1 Å². The van der Waals surface area contributed by atoms with Crippen molar-refractivity contribution in [1.82, 2.24) is 0 Å². The summed E-state index contributed by atoms with van der Waals surface area (Å²) in [4.78, 5) is 10.5. The smallest absolute Gasteiger partial charge is 0.292 e. The van der Waals surface area contributed by atoms with Gasteiger partial charge in [-0.1, -0.05) is 26.8 Å². The number of ether oxygens (including phenoxy) is 1. The Kier molecular flexibility index (Phi) is 5.30. The van der Waals surface area contributed by atoms with Crippen LogP contribution in [0, 0.1) is 15.5 Å².